The summed E-state index contributed by atoms with van der Waals surface area (Å²) in [5.74, 6) is 0. The van der Waals surface area contributed by atoms with Crippen molar-refractivity contribution in [3.8, 4) is 28.5 Å². The number of nitrogens with one attached hydrogen (secondary N) is 1. The maximum absolute atomic E-state index is 9.49. The minimum atomic E-state index is -0.532. The van der Waals surface area contributed by atoms with Gasteiger partial charge in [-0.25, -0.2) is 0 Å². The molecule has 0 unspecified atom stereocenters. The van der Waals surface area contributed by atoms with Crippen LogP contribution < -0.4 is 0 Å². The molecule has 0 saturated heterocycles. The first-order chi connectivity index (χ1) is 16.5. The molecule has 5 nitrogen and oxygen atoms in total. The van der Waals surface area contributed by atoms with E-state index in [0.29, 0.717) is 0 Å². The lowest BCUT2D eigenvalue weighted by Gasteiger charge is -2.15. The molecule has 0 amide bonds. The molecule has 0 saturated carbocycles. The fraction of sp³-hybridized carbons (Fsp3) is 0.138. The first-order valence-electron chi connectivity index (χ1n) is 11.3. The van der Waals surface area contributed by atoms with E-state index in [1.807, 2.05) is 50.0 Å². The monoisotopic (exact) mass is 441 g/mol. The van der Waals surface area contributed by atoms with Gasteiger partial charge in [-0.1, -0.05) is 48.5 Å². The van der Waals surface area contributed by atoms with E-state index in [-0.39, 0.29) is 0 Å². The topological polar surface area (TPSA) is 70.3 Å². The molecule has 0 atom stereocenters. The van der Waals surface area contributed by atoms with Crippen molar-refractivity contribution in [1.82, 2.24) is 19.7 Å². The zero-order valence-corrected chi connectivity index (χ0v) is 19.3. The molecule has 34 heavy (non-hydrogen) atoms. The van der Waals surface area contributed by atoms with Gasteiger partial charge in [-0.05, 0) is 43.2 Å². The Hall–Kier alpha value is -4.43. The van der Waals surface area contributed by atoms with Crippen LogP contribution in [0.25, 0.3) is 55.1 Å². The summed E-state index contributed by atoms with van der Waals surface area (Å²) in [4.78, 5) is 8.10. The highest BCUT2D eigenvalue weighted by atomic mass is 15.3. The van der Waals surface area contributed by atoms with E-state index in [4.69, 9.17) is 10.1 Å². The zero-order chi connectivity index (χ0) is 23.4. The van der Waals surface area contributed by atoms with E-state index in [1.54, 1.807) is 0 Å². The largest absolute Gasteiger partial charge is 0.361 e. The molecule has 0 aliphatic heterocycles. The van der Waals surface area contributed by atoms with Gasteiger partial charge < -0.3 is 4.98 Å². The normalized spacial score (nSPS) is 11.9. The van der Waals surface area contributed by atoms with Crippen molar-refractivity contribution < 1.29 is 0 Å². The molecule has 164 valence electrons. The van der Waals surface area contributed by atoms with Crippen molar-refractivity contribution in [2.24, 2.45) is 7.05 Å². The number of H-pyrrole nitrogens is 1. The second-order valence-electron chi connectivity index (χ2n) is 9.28. The molecular weight excluding hydrogens is 418 g/mol. The van der Waals surface area contributed by atoms with Crippen LogP contribution in [0.5, 0.6) is 0 Å². The van der Waals surface area contributed by atoms with Crippen LogP contribution in [0.2, 0.25) is 0 Å². The minimum absolute atomic E-state index is 0.532. The summed E-state index contributed by atoms with van der Waals surface area (Å²) in [6.45, 7) is 3.87. The highest BCUT2D eigenvalue weighted by Gasteiger charge is 2.21. The van der Waals surface area contributed by atoms with Gasteiger partial charge in [0.05, 0.1) is 28.7 Å². The van der Waals surface area contributed by atoms with E-state index in [9.17, 15) is 5.26 Å². The van der Waals surface area contributed by atoms with Gasteiger partial charge in [0, 0.05) is 46.0 Å². The van der Waals surface area contributed by atoms with E-state index < -0.39 is 5.41 Å². The quantitative estimate of drug-likeness (QED) is 0.331. The van der Waals surface area contributed by atoms with Crippen molar-refractivity contribution >= 4 is 32.7 Å². The Balaban J connectivity index is 1.58. The third-order valence-corrected chi connectivity index (χ3v) is 6.74. The molecule has 3 aromatic heterocycles. The average molecular weight is 442 g/mol. The highest BCUT2D eigenvalue weighted by Crippen LogP contribution is 2.37. The van der Waals surface area contributed by atoms with Gasteiger partial charge in [0.15, 0.2) is 0 Å². The molecule has 6 aromatic rings. The van der Waals surface area contributed by atoms with E-state index in [0.717, 1.165) is 49.7 Å². The molecule has 0 aliphatic carbocycles. The van der Waals surface area contributed by atoms with E-state index in [1.165, 1.54) is 10.9 Å². The number of nitrogens with zero attached hydrogens (tertiary/aromatic N) is 4. The molecule has 0 spiro atoms. The van der Waals surface area contributed by atoms with Gasteiger partial charge >= 0.3 is 0 Å². The first-order valence-corrected chi connectivity index (χ1v) is 11.3. The Morgan fingerprint density at radius 3 is 2.50 bits per heavy atom. The fourth-order valence-corrected chi connectivity index (χ4v) is 4.72. The van der Waals surface area contributed by atoms with Crippen LogP contribution in [-0.2, 0) is 12.5 Å². The number of nitriles is 1. The number of aromatic nitrogens is 4. The number of benzene rings is 3. The number of hydrogen-bond donors (Lipinski definition) is 1. The highest BCUT2D eigenvalue weighted by molar-refractivity contribution is 6.12. The first kappa shape index (κ1) is 20.2. The van der Waals surface area contributed by atoms with Crippen LogP contribution in [-0.4, -0.2) is 19.7 Å². The molecule has 0 bridgehead atoms. The maximum Gasteiger partial charge on any atom is 0.101 e. The third kappa shape index (κ3) is 3.00. The molecule has 0 fully saturated rings. The van der Waals surface area contributed by atoms with E-state index >= 15 is 0 Å². The number of hydrogen-bond acceptors (Lipinski definition) is 3. The smallest absolute Gasteiger partial charge is 0.101 e. The van der Waals surface area contributed by atoms with Crippen LogP contribution in [0.4, 0.5) is 0 Å². The molecule has 5 heteroatoms. The molecule has 0 aliphatic rings. The standard InChI is InChI=1S/C29H23N5/c1-29(2,17-30)20-11-8-18(9-12-20)28-27-22-14-19(23-15-31-24-7-5-4-6-21(23)24)10-13-25(22)32-16-26(27)34(3)33-28/h4-16,31H,1-3H3. The summed E-state index contributed by atoms with van der Waals surface area (Å²) in [5, 5.41) is 17.7. The Bertz CT molecular complexity index is 1740. The third-order valence-electron chi connectivity index (χ3n) is 6.74. The maximum atomic E-state index is 9.49. The van der Waals surface area contributed by atoms with Crippen LogP contribution in [0.3, 0.4) is 0 Å². The lowest BCUT2D eigenvalue weighted by Crippen LogP contribution is -2.13. The van der Waals surface area contributed by atoms with Gasteiger partial charge in [0.1, 0.15) is 5.69 Å². The van der Waals surface area contributed by atoms with Gasteiger partial charge in [-0.3, -0.25) is 9.67 Å². The molecule has 3 heterocycles. The lowest BCUT2D eigenvalue weighted by atomic mass is 9.86. The molecular formula is C29H23N5. The predicted octanol–water partition coefficient (Wildman–Crippen LogP) is 6.74. The summed E-state index contributed by atoms with van der Waals surface area (Å²) in [7, 11) is 1.95. The Kier molecular flexibility index (Phi) is 4.33. The van der Waals surface area contributed by atoms with Crippen molar-refractivity contribution in [2.45, 2.75) is 19.3 Å². The minimum Gasteiger partial charge on any atom is -0.361 e. The van der Waals surface area contributed by atoms with Crippen LogP contribution in [0, 0.1) is 11.3 Å². The van der Waals surface area contributed by atoms with Crippen molar-refractivity contribution in [1.29, 1.82) is 5.26 Å². The second kappa shape index (κ2) is 7.29. The fourth-order valence-electron chi connectivity index (χ4n) is 4.72. The van der Waals surface area contributed by atoms with Crippen molar-refractivity contribution in [3.05, 3.63) is 84.7 Å². The molecule has 0 radical (unpaired) electrons. The summed E-state index contributed by atoms with van der Waals surface area (Å²) in [5.41, 5.74) is 7.75. The number of fused-ring (bicyclic) bond motifs is 4. The summed E-state index contributed by atoms with van der Waals surface area (Å²) < 4.78 is 1.89. The summed E-state index contributed by atoms with van der Waals surface area (Å²) in [6.07, 6.45) is 3.96. The number of aromatic amines is 1. The van der Waals surface area contributed by atoms with Crippen molar-refractivity contribution in [3.63, 3.8) is 0 Å². The Morgan fingerprint density at radius 2 is 1.71 bits per heavy atom. The predicted molar refractivity (Wildman–Crippen MR) is 137 cm³/mol. The number of pyridine rings is 1. The SMILES string of the molecule is Cn1nc(-c2ccc(C(C)(C)C#N)cc2)c2c3cc(-c4c[nH]c5ccccc45)ccc3ncc21. The van der Waals surface area contributed by atoms with Crippen LogP contribution in [0.15, 0.2) is 79.1 Å². The molecule has 6 rings (SSSR count). The van der Waals surface area contributed by atoms with Crippen molar-refractivity contribution in [2.75, 3.05) is 0 Å². The average Bonchev–Trinajstić information content (AvgIpc) is 3.45. The molecule has 1 N–H and O–H groups in total. The summed E-state index contributed by atoms with van der Waals surface area (Å²) in [6, 6.07) is 25.3. The van der Waals surface area contributed by atoms with Crippen LogP contribution >= 0.6 is 0 Å². The van der Waals surface area contributed by atoms with Gasteiger partial charge in [0.2, 0.25) is 0 Å². The Morgan fingerprint density at radius 1 is 0.941 bits per heavy atom. The van der Waals surface area contributed by atoms with E-state index in [2.05, 4.69) is 65.8 Å². The van der Waals surface area contributed by atoms with Gasteiger partial charge in [0.25, 0.3) is 0 Å². The number of rotatable bonds is 3. The summed E-state index contributed by atoms with van der Waals surface area (Å²) >= 11 is 0. The zero-order valence-electron chi connectivity index (χ0n) is 19.3. The lowest BCUT2D eigenvalue weighted by molar-refractivity contribution is 0.687. The Labute approximate surface area is 197 Å². The molecule has 3 aromatic carbocycles. The van der Waals surface area contributed by atoms with Gasteiger partial charge in [-0.2, -0.15) is 10.4 Å². The van der Waals surface area contributed by atoms with Crippen LogP contribution in [0.1, 0.15) is 19.4 Å². The van der Waals surface area contributed by atoms with Gasteiger partial charge in [-0.15, -0.1) is 0 Å². The second-order valence-corrected chi connectivity index (χ2v) is 9.28. The number of aryl methyl sites for hydroxylation is 1. The number of para-hydroxylation sites is 1.